The van der Waals surface area contributed by atoms with Crippen molar-refractivity contribution in [2.45, 2.75) is 13.8 Å². The van der Waals surface area contributed by atoms with Crippen LogP contribution in [0.1, 0.15) is 13.8 Å². The fraction of sp³-hybridized carbons (Fsp3) is 0.364. The van der Waals surface area contributed by atoms with Crippen LogP contribution >= 0.6 is 23.2 Å². The highest BCUT2D eigenvalue weighted by atomic mass is 35.5. The number of aromatic nitrogens is 3. The number of hydrogen-bond acceptors (Lipinski definition) is 5. The van der Waals surface area contributed by atoms with Gasteiger partial charge < -0.3 is 9.84 Å². The van der Waals surface area contributed by atoms with Crippen LogP contribution in [-0.2, 0) is 0 Å². The minimum Gasteiger partial charge on any atom is -0.337 e. The van der Waals surface area contributed by atoms with Gasteiger partial charge in [0, 0.05) is 12.7 Å². The van der Waals surface area contributed by atoms with E-state index in [0.29, 0.717) is 33.5 Å². The van der Waals surface area contributed by atoms with Crippen LogP contribution in [0.5, 0.6) is 0 Å². The highest BCUT2D eigenvalue weighted by molar-refractivity contribution is 6.35. The maximum absolute atomic E-state index is 6.01. The summed E-state index contributed by atoms with van der Waals surface area (Å²) in [6.07, 6.45) is 1.49. The van der Waals surface area contributed by atoms with E-state index in [2.05, 4.69) is 34.3 Å². The van der Waals surface area contributed by atoms with Crippen molar-refractivity contribution in [1.29, 1.82) is 0 Å². The molecule has 0 unspecified atom stereocenters. The zero-order valence-corrected chi connectivity index (χ0v) is 11.5. The number of hydrogen-bond donors (Lipinski definition) is 1. The average molecular weight is 287 g/mol. The second-order valence-corrected chi connectivity index (χ2v) is 5.03. The fourth-order valence-electron chi connectivity index (χ4n) is 1.26. The molecule has 5 nitrogen and oxygen atoms in total. The van der Waals surface area contributed by atoms with Crippen LogP contribution in [0.3, 0.4) is 0 Å². The molecule has 0 atom stereocenters. The summed E-state index contributed by atoms with van der Waals surface area (Å²) in [5.41, 5.74) is 0.447. The molecule has 7 heteroatoms. The Morgan fingerprint density at radius 1 is 1.39 bits per heavy atom. The molecule has 0 fully saturated rings. The van der Waals surface area contributed by atoms with Gasteiger partial charge in [0.2, 0.25) is 5.82 Å². The maximum atomic E-state index is 6.01. The van der Waals surface area contributed by atoms with E-state index in [9.17, 15) is 0 Å². The van der Waals surface area contributed by atoms with Gasteiger partial charge in [-0.25, -0.2) is 4.98 Å². The number of nitrogens with zero attached hydrogens (tertiary/aromatic N) is 3. The van der Waals surface area contributed by atoms with Crippen molar-refractivity contribution < 1.29 is 4.52 Å². The Hall–Kier alpha value is -1.33. The predicted octanol–water partition coefficient (Wildman–Crippen LogP) is 3.51. The first kappa shape index (κ1) is 13.1. The minimum atomic E-state index is 0.336. The van der Waals surface area contributed by atoms with Gasteiger partial charge in [0.25, 0.3) is 0 Å². The maximum Gasteiger partial charge on any atom is 0.321 e. The Morgan fingerprint density at radius 3 is 2.83 bits per heavy atom. The third kappa shape index (κ3) is 3.11. The lowest BCUT2D eigenvalue weighted by Crippen LogP contribution is -2.07. The van der Waals surface area contributed by atoms with Gasteiger partial charge >= 0.3 is 6.01 Å². The summed E-state index contributed by atoms with van der Waals surface area (Å²) in [7, 11) is 0. The summed E-state index contributed by atoms with van der Waals surface area (Å²) in [5.74, 6) is 0.820. The topological polar surface area (TPSA) is 63.8 Å². The largest absolute Gasteiger partial charge is 0.337 e. The Bertz CT molecular complexity index is 542. The molecule has 0 spiro atoms. The Morgan fingerprint density at radius 2 is 2.17 bits per heavy atom. The van der Waals surface area contributed by atoms with Gasteiger partial charge in [-0.2, -0.15) is 4.98 Å². The molecule has 0 radical (unpaired) electrons. The van der Waals surface area contributed by atoms with Crippen molar-refractivity contribution >= 4 is 29.2 Å². The van der Waals surface area contributed by atoms with Gasteiger partial charge in [0.15, 0.2) is 0 Å². The van der Waals surface area contributed by atoms with Crippen LogP contribution in [0.25, 0.3) is 11.5 Å². The molecule has 0 amide bonds. The number of rotatable bonds is 4. The van der Waals surface area contributed by atoms with Crippen LogP contribution < -0.4 is 5.32 Å². The molecule has 2 heterocycles. The van der Waals surface area contributed by atoms with Gasteiger partial charge in [-0.05, 0) is 12.0 Å². The molecule has 0 aliphatic rings. The molecule has 0 bridgehead atoms. The summed E-state index contributed by atoms with van der Waals surface area (Å²) < 4.78 is 5.05. The molecule has 2 aromatic rings. The van der Waals surface area contributed by atoms with E-state index >= 15 is 0 Å². The highest BCUT2D eigenvalue weighted by Crippen LogP contribution is 2.26. The summed E-state index contributed by atoms with van der Waals surface area (Å²) in [4.78, 5) is 8.24. The molecular formula is C11H12Cl2N4O. The number of pyridine rings is 1. The smallest absolute Gasteiger partial charge is 0.321 e. The zero-order chi connectivity index (χ0) is 13.1. The normalized spacial score (nSPS) is 10.9. The van der Waals surface area contributed by atoms with Gasteiger partial charge in [0.1, 0.15) is 5.69 Å². The van der Waals surface area contributed by atoms with Crippen molar-refractivity contribution in [3.8, 4) is 11.5 Å². The second kappa shape index (κ2) is 5.54. The lowest BCUT2D eigenvalue weighted by Gasteiger charge is -2.02. The Balaban J connectivity index is 2.18. The minimum absolute atomic E-state index is 0.336. The molecule has 0 aliphatic heterocycles. The standard InChI is InChI=1S/C11H12Cl2N4O/c1-6(2)4-15-11-16-10(17-18-11)9-8(13)3-7(12)5-14-9/h3,5-6H,4H2,1-2H3,(H,15,16,17). The number of nitrogens with one attached hydrogen (secondary N) is 1. The van der Waals surface area contributed by atoms with E-state index in [1.807, 2.05) is 0 Å². The van der Waals surface area contributed by atoms with Crippen LogP contribution in [0, 0.1) is 5.92 Å². The van der Waals surface area contributed by atoms with E-state index in [1.54, 1.807) is 6.07 Å². The monoisotopic (exact) mass is 286 g/mol. The van der Waals surface area contributed by atoms with Gasteiger partial charge in [-0.1, -0.05) is 42.2 Å². The van der Waals surface area contributed by atoms with Crippen molar-refractivity contribution in [3.63, 3.8) is 0 Å². The molecular weight excluding hydrogens is 275 g/mol. The molecule has 0 saturated heterocycles. The quantitative estimate of drug-likeness (QED) is 0.932. The van der Waals surface area contributed by atoms with Crippen LogP contribution in [0.2, 0.25) is 10.0 Å². The van der Waals surface area contributed by atoms with E-state index < -0.39 is 0 Å². The van der Waals surface area contributed by atoms with Gasteiger partial charge in [-0.3, -0.25) is 0 Å². The second-order valence-electron chi connectivity index (χ2n) is 4.18. The van der Waals surface area contributed by atoms with Gasteiger partial charge in [-0.15, -0.1) is 0 Å². The molecule has 0 aliphatic carbocycles. The first-order chi connectivity index (χ1) is 8.56. The number of halogens is 2. The third-order valence-corrected chi connectivity index (χ3v) is 2.60. The summed E-state index contributed by atoms with van der Waals surface area (Å²) in [6.45, 7) is 4.92. The fourth-order valence-corrected chi connectivity index (χ4v) is 1.73. The van der Waals surface area contributed by atoms with E-state index in [0.717, 1.165) is 6.54 Å². The first-order valence-corrected chi connectivity index (χ1v) is 6.21. The molecule has 2 aromatic heterocycles. The van der Waals surface area contributed by atoms with Gasteiger partial charge in [0.05, 0.1) is 10.0 Å². The average Bonchev–Trinajstić information content (AvgIpc) is 2.75. The van der Waals surface area contributed by atoms with Crippen molar-refractivity contribution in [3.05, 3.63) is 22.3 Å². The molecule has 0 saturated carbocycles. The molecule has 2 rings (SSSR count). The third-order valence-electron chi connectivity index (χ3n) is 2.11. The van der Waals surface area contributed by atoms with Crippen LogP contribution in [-0.4, -0.2) is 21.7 Å². The summed E-state index contributed by atoms with van der Waals surface area (Å²) in [5, 5.41) is 7.70. The predicted molar refractivity (Wildman–Crippen MR) is 70.9 cm³/mol. The SMILES string of the molecule is CC(C)CNc1nc(-c2ncc(Cl)cc2Cl)no1. The highest BCUT2D eigenvalue weighted by Gasteiger charge is 2.13. The summed E-state index contributed by atoms with van der Waals surface area (Å²) in [6, 6.07) is 1.94. The van der Waals surface area contributed by atoms with E-state index in [1.165, 1.54) is 6.20 Å². The Labute approximate surface area is 115 Å². The number of anilines is 1. The Kier molecular flexibility index (Phi) is 4.04. The summed E-state index contributed by atoms with van der Waals surface area (Å²) >= 11 is 11.8. The van der Waals surface area contributed by atoms with Crippen LogP contribution in [0.4, 0.5) is 6.01 Å². The van der Waals surface area contributed by atoms with Crippen molar-refractivity contribution in [2.24, 2.45) is 5.92 Å². The zero-order valence-electron chi connectivity index (χ0n) is 9.94. The van der Waals surface area contributed by atoms with E-state index in [4.69, 9.17) is 27.7 Å². The van der Waals surface area contributed by atoms with Crippen molar-refractivity contribution in [2.75, 3.05) is 11.9 Å². The molecule has 0 aromatic carbocycles. The lowest BCUT2D eigenvalue weighted by atomic mass is 10.2. The molecule has 18 heavy (non-hydrogen) atoms. The molecule has 1 N–H and O–H groups in total. The van der Waals surface area contributed by atoms with Crippen LogP contribution in [0.15, 0.2) is 16.8 Å². The van der Waals surface area contributed by atoms with Crippen molar-refractivity contribution in [1.82, 2.24) is 15.1 Å². The first-order valence-electron chi connectivity index (χ1n) is 5.45. The van der Waals surface area contributed by atoms with E-state index in [-0.39, 0.29) is 0 Å². The lowest BCUT2D eigenvalue weighted by molar-refractivity contribution is 0.429. The molecule has 96 valence electrons.